The van der Waals surface area contributed by atoms with Gasteiger partial charge < -0.3 is 4.74 Å². The smallest absolute Gasteiger partial charge is 0.0991 e. The highest BCUT2D eigenvalue weighted by molar-refractivity contribution is 5.64. The van der Waals surface area contributed by atoms with Gasteiger partial charge in [0.1, 0.15) is 0 Å². The van der Waals surface area contributed by atoms with Gasteiger partial charge >= 0.3 is 0 Å². The van der Waals surface area contributed by atoms with Crippen molar-refractivity contribution in [1.82, 2.24) is 0 Å². The van der Waals surface area contributed by atoms with Gasteiger partial charge in [-0.05, 0) is 54.0 Å². The van der Waals surface area contributed by atoms with Crippen molar-refractivity contribution >= 4 is 0 Å². The molecule has 2 unspecified atom stereocenters. The molecular formula is C25H31NO. The van der Waals surface area contributed by atoms with Crippen LogP contribution in [0.4, 0.5) is 0 Å². The van der Waals surface area contributed by atoms with E-state index in [2.05, 4.69) is 37.3 Å². The van der Waals surface area contributed by atoms with E-state index in [1.165, 1.54) is 56.1 Å². The SMILES string of the molecule is CCCCCCCC1CCC(c2ccc(-c3ccc(C#N)cc3)cc2)OC1. The van der Waals surface area contributed by atoms with Crippen LogP contribution in [0.15, 0.2) is 48.5 Å². The Morgan fingerprint density at radius 2 is 1.56 bits per heavy atom. The highest BCUT2D eigenvalue weighted by Crippen LogP contribution is 2.33. The summed E-state index contributed by atoms with van der Waals surface area (Å²) < 4.78 is 6.19. The quantitative estimate of drug-likeness (QED) is 0.472. The third kappa shape index (κ3) is 5.68. The Kier molecular flexibility index (Phi) is 7.48. The van der Waals surface area contributed by atoms with Crippen molar-refractivity contribution in [3.8, 4) is 17.2 Å². The number of ether oxygens (including phenoxy) is 1. The minimum atomic E-state index is 0.247. The molecule has 0 spiro atoms. The first-order valence-corrected chi connectivity index (χ1v) is 10.5. The maximum absolute atomic E-state index is 8.92. The molecule has 2 atom stereocenters. The summed E-state index contributed by atoms with van der Waals surface area (Å²) >= 11 is 0. The molecule has 142 valence electrons. The van der Waals surface area contributed by atoms with Crippen LogP contribution >= 0.6 is 0 Å². The summed E-state index contributed by atoms with van der Waals surface area (Å²) in [5, 5.41) is 8.92. The number of benzene rings is 2. The zero-order chi connectivity index (χ0) is 18.9. The van der Waals surface area contributed by atoms with Gasteiger partial charge in [0.25, 0.3) is 0 Å². The summed E-state index contributed by atoms with van der Waals surface area (Å²) in [4.78, 5) is 0. The topological polar surface area (TPSA) is 33.0 Å². The fourth-order valence-electron chi connectivity index (χ4n) is 3.96. The monoisotopic (exact) mass is 361 g/mol. The molecule has 0 bridgehead atoms. The standard InChI is InChI=1S/C25H31NO/c1-2-3-4-5-6-7-21-10-17-25(27-19-21)24-15-13-23(14-16-24)22-11-8-20(18-26)9-12-22/h8-9,11-16,21,25H,2-7,10,17,19H2,1H3. The van der Waals surface area contributed by atoms with Crippen LogP contribution in [0.3, 0.4) is 0 Å². The lowest BCUT2D eigenvalue weighted by Gasteiger charge is -2.29. The van der Waals surface area contributed by atoms with Crippen LogP contribution in [0.5, 0.6) is 0 Å². The minimum absolute atomic E-state index is 0.247. The van der Waals surface area contributed by atoms with Gasteiger partial charge in [-0.1, -0.05) is 75.4 Å². The maximum Gasteiger partial charge on any atom is 0.0991 e. The van der Waals surface area contributed by atoms with Crippen LogP contribution < -0.4 is 0 Å². The Bertz CT molecular complexity index is 718. The van der Waals surface area contributed by atoms with Gasteiger partial charge in [0.15, 0.2) is 0 Å². The lowest BCUT2D eigenvalue weighted by Crippen LogP contribution is -2.20. The highest BCUT2D eigenvalue weighted by Gasteiger charge is 2.22. The number of hydrogen-bond acceptors (Lipinski definition) is 2. The van der Waals surface area contributed by atoms with Crippen molar-refractivity contribution < 1.29 is 4.74 Å². The van der Waals surface area contributed by atoms with Crippen molar-refractivity contribution in [2.24, 2.45) is 5.92 Å². The summed E-state index contributed by atoms with van der Waals surface area (Å²) in [6.45, 7) is 3.18. The van der Waals surface area contributed by atoms with Gasteiger partial charge in [-0.25, -0.2) is 0 Å². The van der Waals surface area contributed by atoms with Crippen molar-refractivity contribution in [2.45, 2.75) is 64.4 Å². The molecule has 1 heterocycles. The first-order valence-electron chi connectivity index (χ1n) is 10.5. The average molecular weight is 362 g/mol. The van der Waals surface area contributed by atoms with Gasteiger partial charge in [0.2, 0.25) is 0 Å². The van der Waals surface area contributed by atoms with Gasteiger partial charge in [-0.15, -0.1) is 0 Å². The predicted octanol–water partition coefficient (Wildman–Crippen LogP) is 7.05. The van der Waals surface area contributed by atoms with E-state index in [1.54, 1.807) is 0 Å². The number of nitrogens with zero attached hydrogens (tertiary/aromatic N) is 1. The van der Waals surface area contributed by atoms with Crippen LogP contribution in [0.25, 0.3) is 11.1 Å². The van der Waals surface area contributed by atoms with Crippen LogP contribution in [-0.2, 0) is 4.74 Å². The molecule has 2 nitrogen and oxygen atoms in total. The average Bonchev–Trinajstić information content (AvgIpc) is 2.74. The second-order valence-corrected chi connectivity index (χ2v) is 7.78. The first-order chi connectivity index (χ1) is 13.3. The minimum Gasteiger partial charge on any atom is -0.373 e. The second-order valence-electron chi connectivity index (χ2n) is 7.78. The van der Waals surface area contributed by atoms with Crippen LogP contribution in [0.1, 0.15) is 75.5 Å². The molecule has 0 saturated carbocycles. The molecule has 1 saturated heterocycles. The van der Waals surface area contributed by atoms with E-state index in [9.17, 15) is 0 Å². The van der Waals surface area contributed by atoms with E-state index in [0.717, 1.165) is 24.5 Å². The van der Waals surface area contributed by atoms with Gasteiger partial charge in [0, 0.05) is 0 Å². The summed E-state index contributed by atoms with van der Waals surface area (Å²) in [6, 6.07) is 18.7. The van der Waals surface area contributed by atoms with Crippen LogP contribution in [0, 0.1) is 17.2 Å². The van der Waals surface area contributed by atoms with Crippen LogP contribution in [-0.4, -0.2) is 6.61 Å². The molecule has 0 aliphatic carbocycles. The first kappa shape index (κ1) is 19.6. The molecule has 1 fully saturated rings. The molecule has 1 aliphatic rings. The third-order valence-electron chi connectivity index (χ3n) is 5.72. The molecular weight excluding hydrogens is 330 g/mol. The van der Waals surface area contributed by atoms with E-state index in [-0.39, 0.29) is 6.10 Å². The van der Waals surface area contributed by atoms with Crippen molar-refractivity contribution in [3.63, 3.8) is 0 Å². The molecule has 2 aromatic rings. The van der Waals surface area contributed by atoms with Gasteiger partial charge in [-0.2, -0.15) is 5.26 Å². The van der Waals surface area contributed by atoms with Crippen molar-refractivity contribution in [1.29, 1.82) is 5.26 Å². The Labute approximate surface area is 164 Å². The third-order valence-corrected chi connectivity index (χ3v) is 5.72. The predicted molar refractivity (Wildman–Crippen MR) is 111 cm³/mol. The highest BCUT2D eigenvalue weighted by atomic mass is 16.5. The van der Waals surface area contributed by atoms with E-state index in [4.69, 9.17) is 10.00 Å². The number of rotatable bonds is 8. The summed E-state index contributed by atoms with van der Waals surface area (Å²) in [6.07, 6.45) is 10.8. The molecule has 2 aromatic carbocycles. The number of nitriles is 1. The fraction of sp³-hybridized carbons (Fsp3) is 0.480. The lowest BCUT2D eigenvalue weighted by molar-refractivity contribution is -0.0198. The molecule has 0 N–H and O–H groups in total. The Hall–Kier alpha value is -2.11. The normalized spacial score (nSPS) is 19.6. The van der Waals surface area contributed by atoms with Gasteiger partial charge in [0.05, 0.1) is 24.3 Å². The van der Waals surface area contributed by atoms with Crippen LogP contribution in [0.2, 0.25) is 0 Å². The van der Waals surface area contributed by atoms with E-state index in [0.29, 0.717) is 5.56 Å². The molecule has 0 aromatic heterocycles. The van der Waals surface area contributed by atoms with Crippen molar-refractivity contribution in [2.75, 3.05) is 6.61 Å². The Balaban J connectivity index is 1.48. The second kappa shape index (κ2) is 10.3. The number of unbranched alkanes of at least 4 members (excludes halogenated alkanes) is 4. The molecule has 3 rings (SSSR count). The van der Waals surface area contributed by atoms with E-state index in [1.807, 2.05) is 24.3 Å². The summed E-state index contributed by atoms with van der Waals surface area (Å²) in [5.41, 5.74) is 4.32. The summed E-state index contributed by atoms with van der Waals surface area (Å²) in [5.74, 6) is 0.751. The Morgan fingerprint density at radius 3 is 2.15 bits per heavy atom. The zero-order valence-electron chi connectivity index (χ0n) is 16.5. The van der Waals surface area contributed by atoms with Gasteiger partial charge in [-0.3, -0.25) is 0 Å². The fourth-order valence-corrected chi connectivity index (χ4v) is 3.96. The van der Waals surface area contributed by atoms with E-state index >= 15 is 0 Å². The molecule has 0 amide bonds. The number of hydrogen-bond donors (Lipinski definition) is 0. The Morgan fingerprint density at radius 1 is 0.889 bits per heavy atom. The molecule has 2 heteroatoms. The van der Waals surface area contributed by atoms with Crippen molar-refractivity contribution in [3.05, 3.63) is 59.7 Å². The summed E-state index contributed by atoms with van der Waals surface area (Å²) in [7, 11) is 0. The molecule has 1 aliphatic heterocycles. The maximum atomic E-state index is 8.92. The zero-order valence-corrected chi connectivity index (χ0v) is 16.5. The van der Waals surface area contributed by atoms with E-state index < -0.39 is 0 Å². The molecule has 0 radical (unpaired) electrons. The largest absolute Gasteiger partial charge is 0.373 e. The molecule has 27 heavy (non-hydrogen) atoms. The lowest BCUT2D eigenvalue weighted by atomic mass is 9.90.